The predicted octanol–water partition coefficient (Wildman–Crippen LogP) is 5.92. The van der Waals surface area contributed by atoms with E-state index in [-0.39, 0.29) is 18.0 Å². The first kappa shape index (κ1) is 23.8. The molecule has 0 aromatic heterocycles. The lowest BCUT2D eigenvalue weighted by atomic mass is 10.1. The van der Waals surface area contributed by atoms with E-state index in [2.05, 4.69) is 18.6 Å². The molecule has 0 radical (unpaired) electrons. The van der Waals surface area contributed by atoms with Gasteiger partial charge in [-0.25, -0.2) is 0 Å². The maximum absolute atomic E-state index is 9.60. The van der Waals surface area contributed by atoms with Crippen LogP contribution in [0.15, 0.2) is 0 Å². The molecule has 0 fully saturated rings. The smallest absolute Gasteiger partial charge is 0.293 e. The van der Waals surface area contributed by atoms with Crippen LogP contribution in [0.4, 0.5) is 0 Å². The van der Waals surface area contributed by atoms with Crippen molar-refractivity contribution in [3.05, 3.63) is 0 Å². The predicted molar refractivity (Wildman–Crippen MR) is 87.1 cm³/mol. The molecule has 19 heavy (non-hydrogen) atoms. The van der Waals surface area contributed by atoms with Crippen molar-refractivity contribution in [3.63, 3.8) is 0 Å². The zero-order valence-corrected chi connectivity index (χ0v) is 14.5. The second-order valence-electron chi connectivity index (χ2n) is 5.80. The monoisotopic (exact) mass is 294 g/mol. The Morgan fingerprint density at radius 3 is 1.26 bits per heavy atom. The van der Waals surface area contributed by atoms with E-state index < -0.39 is 0 Å². The second kappa shape index (κ2) is 17.8. The van der Waals surface area contributed by atoms with E-state index in [4.69, 9.17) is 0 Å². The summed E-state index contributed by atoms with van der Waals surface area (Å²) in [6.45, 7) is 10.5. The Morgan fingerprint density at radius 1 is 0.789 bits per heavy atom. The van der Waals surface area contributed by atoms with Crippen LogP contribution in [-0.2, 0) is 9.53 Å². The molecule has 0 aliphatic rings. The first-order valence-corrected chi connectivity index (χ1v) is 7.59. The molecular weight excluding hydrogens is 260 g/mol. The highest BCUT2D eigenvalue weighted by Crippen LogP contribution is 2.08. The molecule has 0 rings (SSSR count). The van der Waals surface area contributed by atoms with Gasteiger partial charge in [0.2, 0.25) is 0 Å². The number of ether oxygens (including phenoxy) is 1. The molecule has 0 saturated carbocycles. The zero-order chi connectivity index (χ0) is 14.3. The van der Waals surface area contributed by atoms with E-state index >= 15 is 0 Å². The van der Waals surface area contributed by atoms with Crippen molar-refractivity contribution >= 4 is 18.9 Å². The van der Waals surface area contributed by atoms with Crippen LogP contribution in [0.25, 0.3) is 0 Å². The Kier molecular flexibility index (Phi) is 22.3. The van der Waals surface area contributed by atoms with Crippen molar-refractivity contribution in [1.82, 2.24) is 0 Å². The highest BCUT2D eigenvalue weighted by atomic mass is 35.5. The fourth-order valence-electron chi connectivity index (χ4n) is 1.53. The Labute approximate surface area is 127 Å². The number of carbonyl (C=O) groups is 1. The van der Waals surface area contributed by atoms with Gasteiger partial charge in [-0.05, 0) is 20.8 Å². The van der Waals surface area contributed by atoms with Crippen LogP contribution < -0.4 is 0 Å². The third kappa shape index (κ3) is 31.9. The molecule has 118 valence electrons. The first-order chi connectivity index (χ1) is 8.47. The molecule has 0 aromatic rings. The molecule has 0 aliphatic carbocycles. The topological polar surface area (TPSA) is 26.3 Å². The molecular formula is C16H35ClO2. The van der Waals surface area contributed by atoms with Gasteiger partial charge in [-0.15, -0.1) is 12.4 Å². The van der Waals surface area contributed by atoms with Crippen molar-refractivity contribution in [2.24, 2.45) is 0 Å². The summed E-state index contributed by atoms with van der Waals surface area (Å²) in [6.07, 6.45) is 13.0. The maximum Gasteiger partial charge on any atom is 0.293 e. The Morgan fingerprint density at radius 2 is 1.11 bits per heavy atom. The summed E-state index contributed by atoms with van der Waals surface area (Å²) in [4.78, 5) is 9.60. The van der Waals surface area contributed by atoms with Gasteiger partial charge in [0.25, 0.3) is 6.47 Å². The van der Waals surface area contributed by atoms with E-state index in [9.17, 15) is 4.79 Å². The third-order valence-electron chi connectivity index (χ3n) is 2.61. The second-order valence-corrected chi connectivity index (χ2v) is 5.80. The normalized spacial score (nSPS) is 9.95. The first-order valence-electron chi connectivity index (χ1n) is 7.59. The van der Waals surface area contributed by atoms with Crippen molar-refractivity contribution in [2.45, 2.75) is 98.0 Å². The Balaban J connectivity index is -0.000000280. The quantitative estimate of drug-likeness (QED) is 0.390. The van der Waals surface area contributed by atoms with Crippen molar-refractivity contribution in [2.75, 3.05) is 0 Å². The summed E-state index contributed by atoms with van der Waals surface area (Å²) in [6, 6.07) is 0. The molecule has 0 aromatic carbocycles. The minimum atomic E-state index is -0.318. The minimum Gasteiger partial charge on any atom is -0.462 e. The summed E-state index contributed by atoms with van der Waals surface area (Å²) in [5.41, 5.74) is -0.318. The van der Waals surface area contributed by atoms with Gasteiger partial charge in [-0.2, -0.15) is 0 Å². The number of halogens is 1. The van der Waals surface area contributed by atoms with Crippen LogP contribution in [0.5, 0.6) is 0 Å². The number of carbonyl (C=O) groups excluding carboxylic acids is 1. The largest absolute Gasteiger partial charge is 0.462 e. The SMILES string of the molecule is CC(C)(C)OC=O.CCCCCCCCCCC.Cl. The average Bonchev–Trinajstić information content (AvgIpc) is 2.27. The zero-order valence-electron chi connectivity index (χ0n) is 13.7. The van der Waals surface area contributed by atoms with Gasteiger partial charge in [-0.3, -0.25) is 4.79 Å². The van der Waals surface area contributed by atoms with Gasteiger partial charge >= 0.3 is 0 Å². The molecule has 0 saturated heterocycles. The Bertz CT molecular complexity index is 157. The van der Waals surface area contributed by atoms with E-state index in [1.165, 1.54) is 57.8 Å². The van der Waals surface area contributed by atoms with Gasteiger partial charge in [0.15, 0.2) is 0 Å². The molecule has 0 heterocycles. The lowest BCUT2D eigenvalue weighted by Crippen LogP contribution is -2.17. The molecule has 2 nitrogen and oxygen atoms in total. The molecule has 0 atom stereocenters. The molecule has 0 N–H and O–H groups in total. The number of rotatable bonds is 9. The fraction of sp³-hybridized carbons (Fsp3) is 0.938. The van der Waals surface area contributed by atoms with Crippen LogP contribution in [-0.4, -0.2) is 12.1 Å². The summed E-state index contributed by atoms with van der Waals surface area (Å²) in [5.74, 6) is 0. The van der Waals surface area contributed by atoms with E-state index in [1.54, 1.807) is 0 Å². The standard InChI is InChI=1S/C11H24.C5H10O2.ClH/c1-3-5-7-9-11-10-8-6-4-2;1-5(2,3)7-4-6;/h3-11H2,1-2H3;4H,1-3H3;1H. The molecule has 3 heteroatoms. The van der Waals surface area contributed by atoms with Gasteiger partial charge in [0.05, 0.1) is 0 Å². The summed E-state index contributed by atoms with van der Waals surface area (Å²) in [7, 11) is 0. The van der Waals surface area contributed by atoms with E-state index in [1.807, 2.05) is 20.8 Å². The molecule has 0 spiro atoms. The van der Waals surface area contributed by atoms with E-state index in [0.717, 1.165) is 0 Å². The molecule has 0 unspecified atom stereocenters. The number of hydrogen-bond donors (Lipinski definition) is 0. The van der Waals surface area contributed by atoms with Gasteiger partial charge in [0, 0.05) is 0 Å². The maximum atomic E-state index is 9.60. The lowest BCUT2D eigenvalue weighted by molar-refractivity contribution is -0.138. The molecule has 0 amide bonds. The molecule has 0 bridgehead atoms. The van der Waals surface area contributed by atoms with Gasteiger partial charge in [0.1, 0.15) is 5.60 Å². The van der Waals surface area contributed by atoms with Crippen LogP contribution in [0, 0.1) is 0 Å². The van der Waals surface area contributed by atoms with Crippen molar-refractivity contribution in [1.29, 1.82) is 0 Å². The van der Waals surface area contributed by atoms with E-state index in [0.29, 0.717) is 6.47 Å². The highest BCUT2D eigenvalue weighted by molar-refractivity contribution is 5.85. The fourth-order valence-corrected chi connectivity index (χ4v) is 1.53. The minimum absolute atomic E-state index is 0. The van der Waals surface area contributed by atoms with Crippen molar-refractivity contribution in [3.8, 4) is 0 Å². The third-order valence-corrected chi connectivity index (χ3v) is 2.61. The summed E-state index contributed by atoms with van der Waals surface area (Å²) >= 11 is 0. The van der Waals surface area contributed by atoms with Crippen LogP contribution in [0.1, 0.15) is 92.4 Å². The van der Waals surface area contributed by atoms with Crippen molar-refractivity contribution < 1.29 is 9.53 Å². The summed E-state index contributed by atoms with van der Waals surface area (Å²) < 4.78 is 4.55. The highest BCUT2D eigenvalue weighted by Gasteiger charge is 2.07. The Hall–Kier alpha value is -0.240. The van der Waals surface area contributed by atoms with Crippen LogP contribution in [0.2, 0.25) is 0 Å². The lowest BCUT2D eigenvalue weighted by Gasteiger charge is -2.14. The number of unbranched alkanes of at least 4 members (excludes halogenated alkanes) is 8. The molecule has 0 aliphatic heterocycles. The summed E-state index contributed by atoms with van der Waals surface area (Å²) in [5, 5.41) is 0. The number of hydrogen-bond acceptors (Lipinski definition) is 2. The van der Waals surface area contributed by atoms with Crippen LogP contribution in [0.3, 0.4) is 0 Å². The van der Waals surface area contributed by atoms with Gasteiger partial charge < -0.3 is 4.74 Å². The van der Waals surface area contributed by atoms with Gasteiger partial charge in [-0.1, -0.05) is 71.6 Å². The average molecular weight is 295 g/mol. The van der Waals surface area contributed by atoms with Crippen LogP contribution >= 0.6 is 12.4 Å².